The summed E-state index contributed by atoms with van der Waals surface area (Å²) >= 11 is 0. The molecule has 0 unspecified atom stereocenters. The van der Waals surface area contributed by atoms with Crippen LogP contribution in [0.1, 0.15) is 29.2 Å². The predicted molar refractivity (Wildman–Crippen MR) is 121 cm³/mol. The van der Waals surface area contributed by atoms with Gasteiger partial charge < -0.3 is 15.0 Å². The highest BCUT2D eigenvalue weighted by Crippen LogP contribution is 2.26. The number of rotatable bonds is 6. The highest BCUT2D eigenvalue weighted by Gasteiger charge is 2.36. The van der Waals surface area contributed by atoms with Crippen LogP contribution in [-0.4, -0.2) is 56.1 Å². The fourth-order valence-corrected chi connectivity index (χ4v) is 4.22. The molecule has 0 spiro atoms. The van der Waals surface area contributed by atoms with Crippen LogP contribution in [0.5, 0.6) is 0 Å². The maximum Gasteiger partial charge on any atom is 0.227 e. The molecule has 2 atom stereocenters. The molecule has 2 aromatic carbocycles. The number of morpholine rings is 1. The molecule has 164 valence electrons. The Bertz CT molecular complexity index is 905. The lowest BCUT2D eigenvalue weighted by molar-refractivity contribution is -0.127. The van der Waals surface area contributed by atoms with E-state index < -0.39 is 0 Å². The maximum absolute atomic E-state index is 13.2. The van der Waals surface area contributed by atoms with Crippen LogP contribution in [-0.2, 0) is 14.3 Å². The molecule has 6 nitrogen and oxygen atoms in total. The van der Waals surface area contributed by atoms with Crippen molar-refractivity contribution in [2.45, 2.75) is 26.3 Å². The van der Waals surface area contributed by atoms with Crippen LogP contribution < -0.4 is 10.2 Å². The Balaban J connectivity index is 1.45. The monoisotopic (exact) mass is 421 g/mol. The van der Waals surface area contributed by atoms with Gasteiger partial charge in [0.15, 0.2) is 0 Å². The molecule has 0 aromatic heterocycles. The smallest absolute Gasteiger partial charge is 0.227 e. The van der Waals surface area contributed by atoms with E-state index in [1.807, 2.05) is 31.2 Å². The van der Waals surface area contributed by atoms with Gasteiger partial charge in [-0.25, -0.2) is 0 Å². The molecule has 0 radical (unpaired) electrons. The van der Waals surface area contributed by atoms with Crippen molar-refractivity contribution in [2.24, 2.45) is 5.92 Å². The van der Waals surface area contributed by atoms with E-state index in [2.05, 4.69) is 41.4 Å². The van der Waals surface area contributed by atoms with Gasteiger partial charge >= 0.3 is 0 Å². The number of nitrogens with zero attached hydrogens (tertiary/aromatic N) is 2. The third-order valence-electron chi connectivity index (χ3n) is 6.18. The molecule has 31 heavy (non-hydrogen) atoms. The molecule has 2 amide bonds. The second kappa shape index (κ2) is 9.62. The van der Waals surface area contributed by atoms with Gasteiger partial charge in [0, 0.05) is 38.3 Å². The summed E-state index contributed by atoms with van der Waals surface area (Å²) in [6.07, 6.45) is 0.248. The van der Waals surface area contributed by atoms with Crippen LogP contribution in [0.4, 0.5) is 5.69 Å². The van der Waals surface area contributed by atoms with Gasteiger partial charge in [-0.3, -0.25) is 14.5 Å². The van der Waals surface area contributed by atoms with Crippen LogP contribution >= 0.6 is 0 Å². The first-order chi connectivity index (χ1) is 15.0. The molecular formula is C25H31N3O3. The molecule has 2 fully saturated rings. The minimum atomic E-state index is -0.341. The standard InChI is InChI=1S/C25H31N3O3/c1-18-3-7-20(8-4-18)23(17-27-11-13-31-14-12-27)26-25(30)21-15-24(29)28(16-21)22-9-5-19(2)6-10-22/h3-10,21,23H,11-17H2,1-2H3,(H,26,30)/t21-,23+/m1/s1. The van der Waals surface area contributed by atoms with Crippen molar-refractivity contribution in [3.05, 3.63) is 65.2 Å². The third kappa shape index (κ3) is 5.32. The molecule has 1 N–H and O–H groups in total. The summed E-state index contributed by atoms with van der Waals surface area (Å²) in [7, 11) is 0. The quantitative estimate of drug-likeness (QED) is 0.779. The van der Waals surface area contributed by atoms with Crippen molar-refractivity contribution in [2.75, 3.05) is 44.3 Å². The number of anilines is 1. The zero-order valence-corrected chi connectivity index (χ0v) is 18.3. The molecular weight excluding hydrogens is 390 g/mol. The minimum Gasteiger partial charge on any atom is -0.379 e. The predicted octanol–water partition coefficient (Wildman–Crippen LogP) is 2.85. The van der Waals surface area contributed by atoms with E-state index in [0.717, 1.165) is 49.7 Å². The Morgan fingerprint density at radius 1 is 1.03 bits per heavy atom. The largest absolute Gasteiger partial charge is 0.379 e. The van der Waals surface area contributed by atoms with Crippen molar-refractivity contribution < 1.29 is 14.3 Å². The molecule has 2 aliphatic rings. The molecule has 2 aliphatic heterocycles. The van der Waals surface area contributed by atoms with Gasteiger partial charge in [-0.1, -0.05) is 47.5 Å². The maximum atomic E-state index is 13.2. The average molecular weight is 422 g/mol. The summed E-state index contributed by atoms with van der Waals surface area (Å²) in [5.41, 5.74) is 4.28. The van der Waals surface area contributed by atoms with E-state index in [-0.39, 0.29) is 30.2 Å². The summed E-state index contributed by atoms with van der Waals surface area (Å²) in [4.78, 5) is 29.8. The first kappa shape index (κ1) is 21.5. The average Bonchev–Trinajstić information content (AvgIpc) is 3.17. The van der Waals surface area contributed by atoms with Crippen molar-refractivity contribution in [1.29, 1.82) is 0 Å². The molecule has 0 aliphatic carbocycles. The van der Waals surface area contributed by atoms with Crippen LogP contribution in [0, 0.1) is 19.8 Å². The number of nitrogens with one attached hydrogen (secondary N) is 1. The number of hydrogen-bond donors (Lipinski definition) is 1. The fourth-order valence-electron chi connectivity index (χ4n) is 4.22. The van der Waals surface area contributed by atoms with Crippen molar-refractivity contribution in [3.8, 4) is 0 Å². The van der Waals surface area contributed by atoms with E-state index in [4.69, 9.17) is 4.74 Å². The lowest BCUT2D eigenvalue weighted by Crippen LogP contribution is -2.44. The first-order valence-electron chi connectivity index (χ1n) is 11.0. The topological polar surface area (TPSA) is 61.9 Å². The van der Waals surface area contributed by atoms with E-state index in [1.54, 1.807) is 4.90 Å². The Labute approximate surface area is 184 Å². The Kier molecular flexibility index (Phi) is 6.68. The van der Waals surface area contributed by atoms with Crippen LogP contribution in [0.15, 0.2) is 48.5 Å². The van der Waals surface area contributed by atoms with E-state index in [1.165, 1.54) is 5.56 Å². The number of carbonyl (C=O) groups excluding carboxylic acids is 2. The second-order valence-electron chi connectivity index (χ2n) is 8.63. The van der Waals surface area contributed by atoms with Crippen molar-refractivity contribution in [3.63, 3.8) is 0 Å². The summed E-state index contributed by atoms with van der Waals surface area (Å²) < 4.78 is 5.47. The minimum absolute atomic E-state index is 0.00377. The second-order valence-corrected chi connectivity index (χ2v) is 8.63. The molecule has 0 saturated carbocycles. The van der Waals surface area contributed by atoms with Gasteiger partial charge in [-0.05, 0) is 31.5 Å². The van der Waals surface area contributed by atoms with Crippen LogP contribution in [0.25, 0.3) is 0 Å². The lowest BCUT2D eigenvalue weighted by Gasteiger charge is -2.31. The lowest BCUT2D eigenvalue weighted by atomic mass is 10.0. The van der Waals surface area contributed by atoms with Gasteiger partial charge in [0.25, 0.3) is 0 Å². The summed E-state index contributed by atoms with van der Waals surface area (Å²) in [5.74, 6) is -0.391. The Hall–Kier alpha value is -2.70. The summed E-state index contributed by atoms with van der Waals surface area (Å²) in [6, 6.07) is 16.1. The molecule has 2 saturated heterocycles. The van der Waals surface area contributed by atoms with Crippen molar-refractivity contribution in [1.82, 2.24) is 10.2 Å². The van der Waals surface area contributed by atoms with Gasteiger partial charge in [0.1, 0.15) is 0 Å². The van der Waals surface area contributed by atoms with Crippen LogP contribution in [0.3, 0.4) is 0 Å². The number of ether oxygens (including phenoxy) is 1. The third-order valence-corrected chi connectivity index (χ3v) is 6.18. The zero-order valence-electron chi connectivity index (χ0n) is 18.3. The molecule has 6 heteroatoms. The molecule has 2 aromatic rings. The molecule has 4 rings (SSSR count). The highest BCUT2D eigenvalue weighted by atomic mass is 16.5. The fraction of sp³-hybridized carbons (Fsp3) is 0.440. The number of benzene rings is 2. The summed E-state index contributed by atoms with van der Waals surface area (Å²) in [6.45, 7) is 8.40. The number of carbonyl (C=O) groups is 2. The zero-order chi connectivity index (χ0) is 21.8. The number of amides is 2. The van der Waals surface area contributed by atoms with E-state index in [0.29, 0.717) is 6.54 Å². The Morgan fingerprint density at radius 3 is 2.29 bits per heavy atom. The van der Waals surface area contributed by atoms with Crippen molar-refractivity contribution >= 4 is 17.5 Å². The van der Waals surface area contributed by atoms with Gasteiger partial charge in [-0.2, -0.15) is 0 Å². The van der Waals surface area contributed by atoms with Crippen LogP contribution in [0.2, 0.25) is 0 Å². The van der Waals surface area contributed by atoms with Gasteiger partial charge in [0.2, 0.25) is 11.8 Å². The Morgan fingerprint density at radius 2 is 1.65 bits per heavy atom. The normalized spacial score (nSPS) is 20.6. The first-order valence-corrected chi connectivity index (χ1v) is 11.0. The number of hydrogen-bond acceptors (Lipinski definition) is 4. The SMILES string of the molecule is Cc1ccc([C@H](CN2CCOCC2)NC(=O)[C@@H]2CC(=O)N(c3ccc(C)cc3)C2)cc1. The molecule has 2 heterocycles. The van der Waals surface area contributed by atoms with Gasteiger partial charge in [-0.15, -0.1) is 0 Å². The molecule has 0 bridgehead atoms. The summed E-state index contributed by atoms with van der Waals surface area (Å²) in [5, 5.41) is 3.24. The highest BCUT2D eigenvalue weighted by molar-refractivity contribution is 6.00. The van der Waals surface area contributed by atoms with Gasteiger partial charge in [0.05, 0.1) is 25.2 Å². The number of aryl methyl sites for hydroxylation is 2. The van der Waals surface area contributed by atoms with E-state index in [9.17, 15) is 9.59 Å². The van der Waals surface area contributed by atoms with E-state index >= 15 is 0 Å².